The molecule has 0 rings (SSSR count). The van der Waals surface area contributed by atoms with E-state index in [1.54, 1.807) is 10.3 Å². The van der Waals surface area contributed by atoms with E-state index in [1.165, 1.54) is 0 Å². The van der Waals surface area contributed by atoms with Crippen LogP contribution in [-0.2, 0) is 0 Å². The summed E-state index contributed by atoms with van der Waals surface area (Å²) in [5, 5.41) is 3.39. The van der Waals surface area contributed by atoms with Crippen LogP contribution in [0.15, 0.2) is 19.9 Å². The van der Waals surface area contributed by atoms with E-state index in [-0.39, 0.29) is 0 Å². The van der Waals surface area contributed by atoms with Gasteiger partial charge < -0.3 is 0 Å². The van der Waals surface area contributed by atoms with Crippen LogP contribution in [0, 0.1) is 0 Å². The lowest BCUT2D eigenvalue weighted by atomic mass is 11.1. The minimum Gasteiger partial charge on any atom is -0.152 e. The molecule has 0 spiro atoms. The van der Waals surface area contributed by atoms with Crippen LogP contribution in [0.3, 0.4) is 0 Å². The number of nitrogens with zero attached hydrogens (tertiary/aromatic N) is 2. The molecule has 0 bridgehead atoms. The summed E-state index contributed by atoms with van der Waals surface area (Å²) in [6.45, 7) is 0. The third-order valence-corrected chi connectivity index (χ3v) is 0.600. The van der Waals surface area contributed by atoms with E-state index in [4.69, 9.17) is 0 Å². The number of thiol groups is 1. The van der Waals surface area contributed by atoms with Gasteiger partial charge in [-0.2, -0.15) is 5.11 Å². The van der Waals surface area contributed by atoms with Gasteiger partial charge in [-0.15, -0.1) is 4.52 Å². The highest BCUT2D eigenvalue weighted by molar-refractivity contribution is 14.1. The molecule has 0 saturated carbocycles. The standard InChI is InChI=1S/C2H3IN2S/c3-1-2-4-5-6/h1-2H,(H,4,6)/b2-1-. The first kappa shape index (κ1) is 6.42. The van der Waals surface area contributed by atoms with Gasteiger partial charge in [0.1, 0.15) is 0 Å². The van der Waals surface area contributed by atoms with Crippen molar-refractivity contribution in [3.05, 3.63) is 10.3 Å². The van der Waals surface area contributed by atoms with Gasteiger partial charge >= 0.3 is 0 Å². The summed E-state index contributed by atoms with van der Waals surface area (Å²) in [6, 6.07) is 0. The molecule has 0 saturated heterocycles. The quantitative estimate of drug-likeness (QED) is 0.393. The summed E-state index contributed by atoms with van der Waals surface area (Å²) < 4.78 is 4.90. The monoisotopic (exact) mass is 214 g/mol. The minimum absolute atomic E-state index is 1.55. The van der Waals surface area contributed by atoms with Crippen molar-refractivity contribution < 1.29 is 0 Å². The first-order valence-corrected chi connectivity index (χ1v) is 2.86. The molecule has 0 fully saturated rings. The Balaban J connectivity index is 3.07. The summed E-state index contributed by atoms with van der Waals surface area (Å²) in [7, 11) is 0. The van der Waals surface area contributed by atoms with E-state index < -0.39 is 0 Å². The van der Waals surface area contributed by atoms with Crippen LogP contribution in [0.2, 0.25) is 0 Å². The summed E-state index contributed by atoms with van der Waals surface area (Å²) in [5.74, 6) is 0. The lowest BCUT2D eigenvalue weighted by Gasteiger charge is -1.61. The van der Waals surface area contributed by atoms with Gasteiger partial charge in [0.15, 0.2) is 0 Å². The summed E-state index contributed by atoms with van der Waals surface area (Å²) >= 11 is 5.50. The zero-order chi connectivity index (χ0) is 4.83. The number of rotatable bonds is 1. The molecule has 34 valence electrons. The van der Waals surface area contributed by atoms with E-state index in [9.17, 15) is 0 Å². The summed E-state index contributed by atoms with van der Waals surface area (Å²) in [5.41, 5.74) is 0. The molecule has 0 heterocycles. The average molecular weight is 214 g/mol. The normalized spacial score (nSPS) is 11.7. The summed E-state index contributed by atoms with van der Waals surface area (Å²) in [4.78, 5) is 0. The van der Waals surface area contributed by atoms with Crippen LogP contribution >= 0.6 is 35.4 Å². The maximum absolute atomic E-state index is 3.46. The van der Waals surface area contributed by atoms with Crippen molar-refractivity contribution in [3.8, 4) is 0 Å². The van der Waals surface area contributed by atoms with Gasteiger partial charge in [0.05, 0.1) is 6.20 Å². The molecular weight excluding hydrogens is 211 g/mol. The molecule has 0 aromatic heterocycles. The first-order valence-electron chi connectivity index (χ1n) is 1.21. The molecule has 0 aromatic carbocycles. The molecule has 0 aliphatic carbocycles. The van der Waals surface area contributed by atoms with E-state index in [0.29, 0.717) is 0 Å². The molecule has 0 unspecified atom stereocenters. The number of hydrogen-bond donors (Lipinski definition) is 1. The van der Waals surface area contributed by atoms with Crippen molar-refractivity contribution in [2.75, 3.05) is 0 Å². The number of hydrogen-bond acceptors (Lipinski definition) is 2. The third kappa shape index (κ3) is 4.42. The SMILES string of the molecule is S/N=N\C=C/I. The Kier molecular flexibility index (Phi) is 5.80. The van der Waals surface area contributed by atoms with Crippen LogP contribution in [0.4, 0.5) is 0 Å². The van der Waals surface area contributed by atoms with E-state index in [0.717, 1.165) is 0 Å². The lowest BCUT2D eigenvalue weighted by molar-refractivity contribution is 1.36. The Morgan fingerprint density at radius 2 is 2.33 bits per heavy atom. The molecule has 0 aromatic rings. The van der Waals surface area contributed by atoms with Gasteiger partial charge in [0.25, 0.3) is 0 Å². The van der Waals surface area contributed by atoms with Crippen molar-refractivity contribution in [2.45, 2.75) is 0 Å². The van der Waals surface area contributed by atoms with Gasteiger partial charge in [0, 0.05) is 0 Å². The largest absolute Gasteiger partial charge is 0.152 e. The lowest BCUT2D eigenvalue weighted by Crippen LogP contribution is -1.32. The highest BCUT2D eigenvalue weighted by Crippen LogP contribution is 1.85. The van der Waals surface area contributed by atoms with E-state index in [2.05, 4.69) is 22.4 Å². The van der Waals surface area contributed by atoms with Crippen molar-refractivity contribution in [1.29, 1.82) is 0 Å². The Morgan fingerprint density at radius 1 is 1.67 bits per heavy atom. The predicted octanol–water partition coefficient (Wildman–Crippen LogP) is 2.19. The Labute approximate surface area is 55.4 Å². The Bertz CT molecular complexity index is 59.9. The molecule has 0 amide bonds. The van der Waals surface area contributed by atoms with Gasteiger partial charge in [-0.05, 0) is 16.9 Å². The molecule has 0 atom stereocenters. The maximum atomic E-state index is 3.46. The molecule has 0 aliphatic rings. The van der Waals surface area contributed by atoms with Crippen molar-refractivity contribution in [3.63, 3.8) is 0 Å². The van der Waals surface area contributed by atoms with Gasteiger partial charge in [0.2, 0.25) is 0 Å². The second kappa shape index (κ2) is 5.42. The highest BCUT2D eigenvalue weighted by Gasteiger charge is 1.51. The minimum atomic E-state index is 1.55. The van der Waals surface area contributed by atoms with Crippen LogP contribution in [0.1, 0.15) is 0 Å². The second-order valence-electron chi connectivity index (χ2n) is 0.480. The third-order valence-electron chi connectivity index (χ3n) is 0.175. The molecule has 4 heteroatoms. The zero-order valence-corrected chi connectivity index (χ0v) is 5.93. The van der Waals surface area contributed by atoms with Gasteiger partial charge in [-0.1, -0.05) is 22.6 Å². The second-order valence-corrected chi connectivity index (χ2v) is 1.38. The van der Waals surface area contributed by atoms with Crippen molar-refractivity contribution in [1.82, 2.24) is 0 Å². The topological polar surface area (TPSA) is 24.7 Å². The molecule has 6 heavy (non-hydrogen) atoms. The van der Waals surface area contributed by atoms with Crippen LogP contribution < -0.4 is 0 Å². The van der Waals surface area contributed by atoms with Gasteiger partial charge in [-0.25, -0.2) is 0 Å². The molecule has 0 radical (unpaired) electrons. The molecule has 0 N–H and O–H groups in total. The summed E-state index contributed by atoms with van der Waals surface area (Å²) in [6.07, 6.45) is 1.55. The van der Waals surface area contributed by atoms with Crippen molar-refractivity contribution in [2.24, 2.45) is 9.63 Å². The van der Waals surface area contributed by atoms with Gasteiger partial charge in [-0.3, -0.25) is 0 Å². The zero-order valence-electron chi connectivity index (χ0n) is 2.87. The fraction of sp³-hybridized carbons (Fsp3) is 0. The first-order chi connectivity index (χ1) is 2.91. The maximum Gasteiger partial charge on any atom is 0.0562 e. The van der Waals surface area contributed by atoms with Crippen molar-refractivity contribution >= 4 is 35.4 Å². The van der Waals surface area contributed by atoms with Crippen LogP contribution in [0.5, 0.6) is 0 Å². The molecule has 2 nitrogen and oxygen atoms in total. The number of halogens is 1. The Hall–Kier alpha value is 0.420. The van der Waals surface area contributed by atoms with Crippen LogP contribution in [-0.4, -0.2) is 0 Å². The Morgan fingerprint density at radius 3 is 2.50 bits per heavy atom. The van der Waals surface area contributed by atoms with E-state index in [1.807, 2.05) is 22.6 Å². The highest BCUT2D eigenvalue weighted by atomic mass is 127. The van der Waals surface area contributed by atoms with E-state index >= 15 is 0 Å². The molecule has 0 aliphatic heterocycles. The fourth-order valence-electron chi connectivity index (χ4n) is 0.0550. The average Bonchev–Trinajstić information content (AvgIpc) is 1.61. The predicted molar refractivity (Wildman–Crippen MR) is 37.0 cm³/mol. The smallest absolute Gasteiger partial charge is 0.0562 e. The van der Waals surface area contributed by atoms with Crippen LogP contribution in [0.25, 0.3) is 0 Å². The fourth-order valence-corrected chi connectivity index (χ4v) is 0.258. The molecular formula is C2H3IN2S.